The topological polar surface area (TPSA) is 89.5 Å². The third-order valence-corrected chi connectivity index (χ3v) is 6.38. The summed E-state index contributed by atoms with van der Waals surface area (Å²) in [7, 11) is 1.49. The van der Waals surface area contributed by atoms with Crippen molar-refractivity contribution in [2.75, 3.05) is 7.11 Å². The molecule has 4 rings (SSSR count). The van der Waals surface area contributed by atoms with Gasteiger partial charge in [-0.15, -0.1) is 0 Å². The van der Waals surface area contributed by atoms with Gasteiger partial charge in [-0.25, -0.2) is 0 Å². The van der Waals surface area contributed by atoms with Crippen molar-refractivity contribution in [1.29, 1.82) is 0 Å². The van der Waals surface area contributed by atoms with Crippen LogP contribution in [0.15, 0.2) is 91.0 Å². The van der Waals surface area contributed by atoms with Gasteiger partial charge in [-0.2, -0.15) is 0 Å². The monoisotopic (exact) mass is 534 g/mol. The Morgan fingerprint density at radius 2 is 1.18 bits per heavy atom. The average Bonchev–Trinajstić information content (AvgIpc) is 2.98. The molecule has 1 aliphatic heterocycles. The van der Waals surface area contributed by atoms with E-state index >= 15 is 0 Å². The molecule has 8 heteroatoms. The molecule has 0 spiro atoms. The highest BCUT2D eigenvalue weighted by atomic mass is 16.7. The van der Waals surface area contributed by atoms with Crippen molar-refractivity contribution >= 4 is 12.3 Å². The first kappa shape index (κ1) is 28.6. The van der Waals surface area contributed by atoms with Crippen molar-refractivity contribution in [2.24, 2.45) is 0 Å². The number of methoxy groups -OCH3 is 1. The predicted molar refractivity (Wildman–Crippen MR) is 142 cm³/mol. The molecular weight excluding hydrogens is 500 g/mol. The molecule has 1 fully saturated rings. The lowest BCUT2D eigenvalue weighted by atomic mass is 9.94. The Morgan fingerprint density at radius 1 is 0.744 bits per heavy atom. The van der Waals surface area contributed by atoms with Gasteiger partial charge in [-0.1, -0.05) is 91.0 Å². The lowest BCUT2D eigenvalue weighted by molar-refractivity contribution is -0.326. The molecular formula is C31H34O8. The Balaban J connectivity index is 1.66. The summed E-state index contributed by atoms with van der Waals surface area (Å²) in [5.41, 5.74) is 2.83. The van der Waals surface area contributed by atoms with Gasteiger partial charge in [0.2, 0.25) is 0 Å². The average molecular weight is 535 g/mol. The number of aldehydes is 1. The summed E-state index contributed by atoms with van der Waals surface area (Å²) in [6.07, 6.45) is -4.92. The summed E-state index contributed by atoms with van der Waals surface area (Å²) >= 11 is 0. The second-order valence-electron chi connectivity index (χ2n) is 9.20. The van der Waals surface area contributed by atoms with Crippen LogP contribution in [0.3, 0.4) is 0 Å². The molecule has 0 radical (unpaired) electrons. The van der Waals surface area contributed by atoms with E-state index in [1.54, 1.807) is 0 Å². The van der Waals surface area contributed by atoms with Crippen molar-refractivity contribution in [2.45, 2.75) is 63.6 Å². The zero-order valence-electron chi connectivity index (χ0n) is 22.1. The van der Waals surface area contributed by atoms with E-state index in [9.17, 15) is 9.59 Å². The van der Waals surface area contributed by atoms with E-state index in [4.69, 9.17) is 28.4 Å². The largest absolute Gasteiger partial charge is 0.452 e. The Hall–Kier alpha value is -3.40. The summed E-state index contributed by atoms with van der Waals surface area (Å²) in [5, 5.41) is 0. The molecule has 0 unspecified atom stereocenters. The van der Waals surface area contributed by atoms with Gasteiger partial charge >= 0.3 is 5.97 Å². The maximum absolute atomic E-state index is 12.1. The number of rotatable bonds is 13. The Kier molecular flexibility index (Phi) is 10.8. The SMILES string of the molecule is CO[C@H]1O[C@H]([C@H](C=O)OC(C)=O)[C@@H](OCc2ccccc2)[C@H](OCc2ccccc2)[C@H]1OCc1ccccc1. The molecule has 0 saturated carbocycles. The van der Waals surface area contributed by atoms with E-state index in [0.29, 0.717) is 6.29 Å². The molecule has 0 aromatic heterocycles. The first-order valence-electron chi connectivity index (χ1n) is 12.9. The molecule has 1 saturated heterocycles. The van der Waals surface area contributed by atoms with E-state index in [1.807, 2.05) is 91.0 Å². The first-order chi connectivity index (χ1) is 19.1. The van der Waals surface area contributed by atoms with Gasteiger partial charge < -0.3 is 28.4 Å². The van der Waals surface area contributed by atoms with E-state index in [-0.39, 0.29) is 19.8 Å². The summed E-state index contributed by atoms with van der Waals surface area (Å²) in [6.45, 7) is 1.98. The minimum absolute atomic E-state index is 0.214. The molecule has 1 aliphatic rings. The van der Waals surface area contributed by atoms with Gasteiger partial charge in [0.15, 0.2) is 18.7 Å². The van der Waals surface area contributed by atoms with Crippen molar-refractivity contribution < 1.29 is 38.0 Å². The second-order valence-corrected chi connectivity index (χ2v) is 9.20. The zero-order chi connectivity index (χ0) is 27.5. The summed E-state index contributed by atoms with van der Waals surface area (Å²) in [5.74, 6) is -0.615. The molecule has 8 nitrogen and oxygen atoms in total. The second kappa shape index (κ2) is 14.7. The number of esters is 1. The third kappa shape index (κ3) is 8.05. The molecule has 0 amide bonds. The summed E-state index contributed by atoms with van der Waals surface area (Å²) in [4.78, 5) is 24.0. The summed E-state index contributed by atoms with van der Waals surface area (Å²) in [6, 6.07) is 29.0. The molecule has 206 valence electrons. The Morgan fingerprint density at radius 3 is 1.59 bits per heavy atom. The first-order valence-corrected chi connectivity index (χ1v) is 12.9. The number of ether oxygens (including phenoxy) is 6. The highest BCUT2D eigenvalue weighted by Crippen LogP contribution is 2.32. The van der Waals surface area contributed by atoms with Crippen LogP contribution in [0.2, 0.25) is 0 Å². The van der Waals surface area contributed by atoms with E-state index in [1.165, 1.54) is 14.0 Å². The fourth-order valence-corrected chi connectivity index (χ4v) is 4.51. The minimum Gasteiger partial charge on any atom is -0.452 e. The van der Waals surface area contributed by atoms with Crippen LogP contribution in [-0.2, 0) is 57.8 Å². The van der Waals surface area contributed by atoms with Crippen LogP contribution in [0.5, 0.6) is 0 Å². The van der Waals surface area contributed by atoms with Crippen molar-refractivity contribution in [3.05, 3.63) is 108 Å². The standard InChI is InChI=1S/C31H34O8/c1-22(33)38-26(18-32)27-28(35-19-23-12-6-3-7-13-23)29(36-20-24-14-8-4-9-15-24)30(31(34-2)39-27)37-21-25-16-10-5-11-17-25/h3-18,26-31H,19-21H2,1-2H3/t26-,27+,28+,29-,30+,31-/m0/s1. The lowest BCUT2D eigenvalue weighted by Gasteiger charge is -2.46. The van der Waals surface area contributed by atoms with E-state index in [2.05, 4.69) is 0 Å². The normalized spacial score (nSPS) is 23.6. The van der Waals surface area contributed by atoms with Gasteiger partial charge in [0.05, 0.1) is 19.8 Å². The van der Waals surface area contributed by atoms with Gasteiger partial charge in [-0.3, -0.25) is 9.59 Å². The Labute approximate surface area is 228 Å². The number of hydrogen-bond donors (Lipinski definition) is 0. The molecule has 0 bridgehead atoms. The smallest absolute Gasteiger partial charge is 0.303 e. The number of carbonyl (C=O) groups is 2. The molecule has 0 N–H and O–H groups in total. The Bertz CT molecular complexity index is 1140. The third-order valence-electron chi connectivity index (χ3n) is 6.38. The van der Waals surface area contributed by atoms with Crippen LogP contribution in [0.1, 0.15) is 23.6 Å². The minimum atomic E-state index is -1.24. The molecule has 39 heavy (non-hydrogen) atoms. The quantitative estimate of drug-likeness (QED) is 0.238. The van der Waals surface area contributed by atoms with E-state index < -0.39 is 42.8 Å². The fourth-order valence-electron chi connectivity index (χ4n) is 4.51. The van der Waals surface area contributed by atoms with Gasteiger partial charge in [-0.05, 0) is 16.7 Å². The maximum atomic E-state index is 12.1. The number of benzene rings is 3. The number of carbonyl (C=O) groups excluding carboxylic acids is 2. The number of hydrogen-bond acceptors (Lipinski definition) is 8. The molecule has 3 aromatic rings. The molecule has 1 heterocycles. The highest BCUT2D eigenvalue weighted by Gasteiger charge is 2.52. The fraction of sp³-hybridized carbons (Fsp3) is 0.355. The van der Waals surface area contributed by atoms with Crippen LogP contribution >= 0.6 is 0 Å². The van der Waals surface area contributed by atoms with Gasteiger partial charge in [0.1, 0.15) is 24.4 Å². The lowest BCUT2D eigenvalue weighted by Crippen LogP contribution is -2.64. The highest BCUT2D eigenvalue weighted by molar-refractivity contribution is 5.70. The van der Waals surface area contributed by atoms with Crippen molar-refractivity contribution in [3.63, 3.8) is 0 Å². The van der Waals surface area contributed by atoms with Crippen LogP contribution in [-0.4, -0.2) is 56.2 Å². The molecule has 3 aromatic carbocycles. The van der Waals surface area contributed by atoms with Crippen molar-refractivity contribution in [1.82, 2.24) is 0 Å². The van der Waals surface area contributed by atoms with Crippen LogP contribution in [0.25, 0.3) is 0 Å². The zero-order valence-corrected chi connectivity index (χ0v) is 22.1. The maximum Gasteiger partial charge on any atom is 0.303 e. The summed E-state index contributed by atoms with van der Waals surface area (Å²) < 4.78 is 36.4. The van der Waals surface area contributed by atoms with Gasteiger partial charge in [0.25, 0.3) is 0 Å². The van der Waals surface area contributed by atoms with Crippen LogP contribution < -0.4 is 0 Å². The van der Waals surface area contributed by atoms with Gasteiger partial charge in [0, 0.05) is 14.0 Å². The van der Waals surface area contributed by atoms with Crippen LogP contribution in [0.4, 0.5) is 0 Å². The van der Waals surface area contributed by atoms with Crippen LogP contribution in [0, 0.1) is 0 Å². The molecule has 6 atom stereocenters. The van der Waals surface area contributed by atoms with E-state index in [0.717, 1.165) is 16.7 Å². The predicted octanol–water partition coefficient (Wildman–Crippen LogP) is 4.24. The van der Waals surface area contributed by atoms with Crippen molar-refractivity contribution in [3.8, 4) is 0 Å². The molecule has 0 aliphatic carbocycles.